The van der Waals surface area contributed by atoms with Crippen LogP contribution in [0.4, 0.5) is 0 Å². The number of hydrogen-bond acceptors (Lipinski definition) is 3. The lowest BCUT2D eigenvalue weighted by Gasteiger charge is -2.33. The lowest BCUT2D eigenvalue weighted by Crippen LogP contribution is -2.30. The summed E-state index contributed by atoms with van der Waals surface area (Å²) in [4.78, 5) is 11.7. The van der Waals surface area contributed by atoms with Crippen LogP contribution in [0.15, 0.2) is 60.3 Å². The zero-order chi connectivity index (χ0) is 19.2. The second kappa shape index (κ2) is 8.76. The number of benzene rings is 2. The molecule has 142 valence electrons. The molecule has 4 nitrogen and oxygen atoms in total. The first kappa shape index (κ1) is 19.0. The summed E-state index contributed by atoms with van der Waals surface area (Å²) >= 11 is 0. The van der Waals surface area contributed by atoms with Gasteiger partial charge < -0.3 is 14.8 Å². The van der Waals surface area contributed by atoms with Gasteiger partial charge in [0.2, 0.25) is 5.91 Å². The fraction of sp³-hybridized carbons (Fsp3) is 0.348. The average molecular weight is 365 g/mol. The molecule has 0 saturated heterocycles. The predicted molar refractivity (Wildman–Crippen MR) is 107 cm³/mol. The van der Waals surface area contributed by atoms with Gasteiger partial charge in [-0.15, -0.1) is 0 Å². The van der Waals surface area contributed by atoms with Gasteiger partial charge in [0.1, 0.15) is 11.5 Å². The predicted octanol–water partition coefficient (Wildman–Crippen LogP) is 4.66. The maximum atomic E-state index is 11.7. The number of hydrogen-bond donors (Lipinski definition) is 1. The first-order valence-electron chi connectivity index (χ1n) is 9.38. The van der Waals surface area contributed by atoms with Crippen LogP contribution in [0, 0.1) is 5.92 Å². The monoisotopic (exact) mass is 365 g/mol. The molecule has 0 aliphatic heterocycles. The summed E-state index contributed by atoms with van der Waals surface area (Å²) in [5, 5.41) is 3.07. The van der Waals surface area contributed by atoms with Gasteiger partial charge >= 0.3 is 0 Å². The molecule has 1 amide bonds. The van der Waals surface area contributed by atoms with Crippen molar-refractivity contribution in [2.75, 3.05) is 14.2 Å². The molecule has 0 saturated carbocycles. The molecule has 1 N–H and O–H groups in total. The molecule has 0 radical (unpaired) electrons. The zero-order valence-corrected chi connectivity index (χ0v) is 16.2. The van der Waals surface area contributed by atoms with Crippen molar-refractivity contribution >= 4 is 5.91 Å². The average Bonchev–Trinajstić information content (AvgIpc) is 2.70. The van der Waals surface area contributed by atoms with Crippen molar-refractivity contribution in [1.82, 2.24) is 5.32 Å². The van der Waals surface area contributed by atoms with Gasteiger partial charge in [-0.2, -0.15) is 0 Å². The van der Waals surface area contributed by atoms with E-state index < -0.39 is 0 Å². The van der Waals surface area contributed by atoms with E-state index in [0.29, 0.717) is 0 Å². The normalized spacial score (nSPS) is 16.6. The molecule has 2 aromatic rings. The maximum Gasteiger partial charge on any atom is 0.220 e. The molecule has 0 spiro atoms. The van der Waals surface area contributed by atoms with Crippen LogP contribution in [0.3, 0.4) is 0 Å². The van der Waals surface area contributed by atoms with Gasteiger partial charge in [-0.1, -0.05) is 30.3 Å². The molecule has 1 aliphatic rings. The van der Waals surface area contributed by atoms with E-state index in [-0.39, 0.29) is 17.7 Å². The minimum atomic E-state index is -0.0173. The first-order chi connectivity index (χ1) is 13.1. The van der Waals surface area contributed by atoms with E-state index >= 15 is 0 Å². The number of carbonyl (C=O) groups excluding carboxylic acids is 1. The molecule has 0 bridgehead atoms. The highest BCUT2D eigenvalue weighted by atomic mass is 16.5. The Bertz CT molecular complexity index is 746. The second-order valence-corrected chi connectivity index (χ2v) is 6.90. The molecule has 4 heteroatoms. The molecule has 1 unspecified atom stereocenters. The third-order valence-corrected chi connectivity index (χ3v) is 5.16. The Hall–Kier alpha value is -2.75. The quantitative estimate of drug-likeness (QED) is 0.810. The van der Waals surface area contributed by atoms with E-state index in [0.717, 1.165) is 36.5 Å². The van der Waals surface area contributed by atoms with Crippen LogP contribution in [0.1, 0.15) is 43.2 Å². The summed E-state index contributed by atoms with van der Waals surface area (Å²) in [5.74, 6) is 2.04. The van der Waals surface area contributed by atoms with Gasteiger partial charge in [0.25, 0.3) is 0 Å². The molecule has 2 aromatic carbocycles. The Balaban J connectivity index is 2.03. The van der Waals surface area contributed by atoms with E-state index in [1.54, 1.807) is 21.1 Å². The van der Waals surface area contributed by atoms with E-state index in [9.17, 15) is 4.79 Å². The zero-order valence-electron chi connectivity index (χ0n) is 16.2. The lowest BCUT2D eigenvalue weighted by atomic mass is 9.74. The maximum absolute atomic E-state index is 11.7. The van der Waals surface area contributed by atoms with Gasteiger partial charge in [-0.25, -0.2) is 0 Å². The van der Waals surface area contributed by atoms with Crippen LogP contribution in [-0.4, -0.2) is 20.1 Å². The fourth-order valence-corrected chi connectivity index (χ4v) is 3.87. The minimum Gasteiger partial charge on any atom is -0.497 e. The number of ether oxygens (including phenoxy) is 2. The van der Waals surface area contributed by atoms with Gasteiger partial charge in [-0.3, -0.25) is 4.79 Å². The third-order valence-electron chi connectivity index (χ3n) is 5.16. The van der Waals surface area contributed by atoms with Crippen molar-refractivity contribution in [3.05, 3.63) is 71.4 Å². The van der Waals surface area contributed by atoms with E-state index in [1.165, 1.54) is 11.1 Å². The Labute approximate surface area is 161 Å². The molecule has 1 atom stereocenters. The van der Waals surface area contributed by atoms with Crippen LogP contribution < -0.4 is 14.8 Å². The summed E-state index contributed by atoms with van der Waals surface area (Å²) in [5.41, 5.74) is 3.46. The first-order valence-corrected chi connectivity index (χ1v) is 9.38. The molecule has 0 heterocycles. The highest BCUT2D eigenvalue weighted by molar-refractivity contribution is 5.75. The summed E-state index contributed by atoms with van der Waals surface area (Å²) < 4.78 is 10.6. The summed E-state index contributed by atoms with van der Waals surface area (Å²) in [6.45, 7) is 1.57. The number of allylic oxidation sites excluding steroid dienone is 2. The second-order valence-electron chi connectivity index (χ2n) is 6.90. The van der Waals surface area contributed by atoms with Crippen LogP contribution in [0.2, 0.25) is 0 Å². The Kier molecular flexibility index (Phi) is 6.17. The van der Waals surface area contributed by atoms with Crippen molar-refractivity contribution in [3.8, 4) is 11.5 Å². The van der Waals surface area contributed by atoms with Crippen LogP contribution in [0.5, 0.6) is 11.5 Å². The molecular weight excluding hydrogens is 338 g/mol. The molecule has 0 aromatic heterocycles. The van der Waals surface area contributed by atoms with Crippen molar-refractivity contribution < 1.29 is 14.3 Å². The SMILES string of the molecule is COc1ccc(C(c2ccc(OC)cc2)C2CCCC=C2NC(C)=O)cc1. The molecule has 0 fully saturated rings. The fourth-order valence-electron chi connectivity index (χ4n) is 3.87. The van der Waals surface area contributed by atoms with Crippen molar-refractivity contribution in [2.24, 2.45) is 5.92 Å². The molecule has 1 aliphatic carbocycles. The van der Waals surface area contributed by atoms with Gasteiger partial charge in [0.05, 0.1) is 14.2 Å². The standard InChI is InChI=1S/C23H27NO3/c1-16(25)24-22-7-5-4-6-21(22)23(17-8-12-19(26-2)13-9-17)18-10-14-20(27-3)15-11-18/h7-15,21,23H,4-6H2,1-3H3,(H,24,25). The van der Waals surface area contributed by atoms with Crippen LogP contribution in [0.25, 0.3) is 0 Å². The van der Waals surface area contributed by atoms with Gasteiger partial charge in [-0.05, 0) is 54.7 Å². The van der Waals surface area contributed by atoms with Gasteiger partial charge in [0.15, 0.2) is 0 Å². The van der Waals surface area contributed by atoms with Crippen molar-refractivity contribution in [2.45, 2.75) is 32.1 Å². The smallest absolute Gasteiger partial charge is 0.220 e. The Morgan fingerprint density at radius 2 is 1.48 bits per heavy atom. The molecular formula is C23H27NO3. The lowest BCUT2D eigenvalue weighted by molar-refractivity contribution is -0.118. The van der Waals surface area contributed by atoms with Crippen molar-refractivity contribution in [1.29, 1.82) is 0 Å². The molecule has 3 rings (SSSR count). The number of amides is 1. The van der Waals surface area contributed by atoms with Gasteiger partial charge in [0, 0.05) is 24.5 Å². The summed E-state index contributed by atoms with van der Waals surface area (Å²) in [6, 6.07) is 16.5. The minimum absolute atomic E-state index is 0.0173. The number of rotatable bonds is 6. The van der Waals surface area contributed by atoms with Crippen molar-refractivity contribution in [3.63, 3.8) is 0 Å². The highest BCUT2D eigenvalue weighted by Gasteiger charge is 2.30. The van der Waals surface area contributed by atoms with E-state index in [4.69, 9.17) is 9.47 Å². The highest BCUT2D eigenvalue weighted by Crippen LogP contribution is 2.41. The summed E-state index contributed by atoms with van der Waals surface area (Å²) in [7, 11) is 3.35. The van der Waals surface area contributed by atoms with Crippen LogP contribution in [-0.2, 0) is 4.79 Å². The third kappa shape index (κ3) is 4.51. The Morgan fingerprint density at radius 3 is 1.93 bits per heavy atom. The Morgan fingerprint density at radius 1 is 0.963 bits per heavy atom. The number of nitrogens with one attached hydrogen (secondary N) is 1. The number of carbonyl (C=O) groups is 1. The number of methoxy groups -OCH3 is 2. The van der Waals surface area contributed by atoms with E-state index in [1.807, 2.05) is 24.3 Å². The van der Waals surface area contributed by atoms with E-state index in [2.05, 4.69) is 35.7 Å². The largest absolute Gasteiger partial charge is 0.497 e. The molecule has 27 heavy (non-hydrogen) atoms. The van der Waals surface area contributed by atoms with Crippen LogP contribution >= 0.6 is 0 Å². The summed E-state index contributed by atoms with van der Waals surface area (Å²) in [6.07, 6.45) is 5.34. The topological polar surface area (TPSA) is 47.6 Å².